The number of carbonyl (C=O) groups excluding carboxylic acids is 2. The first kappa shape index (κ1) is 18.1. The normalized spacial score (nSPS) is 11.3. The summed E-state index contributed by atoms with van der Waals surface area (Å²) in [4.78, 5) is 22.7. The molecule has 8 heteroatoms. The molecule has 0 saturated carbocycles. The van der Waals surface area contributed by atoms with Crippen molar-refractivity contribution in [3.63, 3.8) is 0 Å². The fourth-order valence-electron chi connectivity index (χ4n) is 1.60. The maximum atomic E-state index is 12.1. The fraction of sp³-hybridized carbons (Fsp3) is 0.429. The van der Waals surface area contributed by atoms with Gasteiger partial charge in [-0.25, -0.2) is 17.9 Å². The van der Waals surface area contributed by atoms with Crippen LogP contribution in [0.15, 0.2) is 29.2 Å². The van der Waals surface area contributed by atoms with Crippen LogP contribution in [-0.4, -0.2) is 40.1 Å². The molecule has 0 amide bonds. The van der Waals surface area contributed by atoms with Gasteiger partial charge in [0.15, 0.2) is 0 Å². The van der Waals surface area contributed by atoms with Gasteiger partial charge >= 0.3 is 11.9 Å². The molecule has 0 atom stereocenters. The van der Waals surface area contributed by atoms with E-state index in [1.54, 1.807) is 13.8 Å². The Morgan fingerprint density at radius 2 is 1.95 bits per heavy atom. The summed E-state index contributed by atoms with van der Waals surface area (Å²) in [6.45, 7) is 3.33. The summed E-state index contributed by atoms with van der Waals surface area (Å²) in [5.74, 6) is -1.11. The zero-order chi connectivity index (χ0) is 16.8. The van der Waals surface area contributed by atoms with Gasteiger partial charge in [0.1, 0.15) is 0 Å². The topological polar surface area (TPSA) is 98.8 Å². The Balaban J connectivity index is 2.71. The van der Waals surface area contributed by atoms with Crippen LogP contribution < -0.4 is 4.72 Å². The minimum absolute atomic E-state index is 0.0753. The van der Waals surface area contributed by atoms with Crippen molar-refractivity contribution >= 4 is 22.0 Å². The molecule has 0 bridgehead atoms. The van der Waals surface area contributed by atoms with Crippen molar-refractivity contribution in [2.45, 2.75) is 31.3 Å². The first-order chi connectivity index (χ1) is 10.3. The van der Waals surface area contributed by atoms with E-state index in [1.165, 1.54) is 31.4 Å². The van der Waals surface area contributed by atoms with E-state index in [0.717, 1.165) is 0 Å². The van der Waals surface area contributed by atoms with E-state index in [9.17, 15) is 18.0 Å². The Kier molecular flexibility index (Phi) is 6.51. The van der Waals surface area contributed by atoms with Gasteiger partial charge in [0.2, 0.25) is 10.0 Å². The summed E-state index contributed by atoms with van der Waals surface area (Å²) in [5, 5.41) is 0. The van der Waals surface area contributed by atoms with Gasteiger partial charge in [0.25, 0.3) is 0 Å². The third-order valence-corrected chi connectivity index (χ3v) is 4.01. The van der Waals surface area contributed by atoms with Gasteiger partial charge in [0, 0.05) is 6.54 Å². The van der Waals surface area contributed by atoms with Gasteiger partial charge in [-0.15, -0.1) is 0 Å². The predicted octanol–water partition coefficient (Wildman–Crippen LogP) is 1.09. The van der Waals surface area contributed by atoms with E-state index in [-0.39, 0.29) is 29.5 Å². The molecule has 1 N–H and O–H groups in total. The van der Waals surface area contributed by atoms with Crippen molar-refractivity contribution in [3.8, 4) is 0 Å². The van der Waals surface area contributed by atoms with E-state index in [0.29, 0.717) is 0 Å². The number of carbonyl (C=O) groups is 2. The number of ether oxygens (including phenoxy) is 2. The molecule has 0 fully saturated rings. The van der Waals surface area contributed by atoms with Crippen LogP contribution in [0.5, 0.6) is 0 Å². The first-order valence-corrected chi connectivity index (χ1v) is 8.12. The van der Waals surface area contributed by atoms with Crippen LogP contribution in [-0.2, 0) is 24.3 Å². The number of methoxy groups -OCH3 is 1. The lowest BCUT2D eigenvalue weighted by molar-refractivity contribution is -0.147. The molecular formula is C14H19NO6S. The quantitative estimate of drug-likeness (QED) is 0.752. The molecule has 0 aliphatic heterocycles. The summed E-state index contributed by atoms with van der Waals surface area (Å²) in [7, 11) is -2.60. The summed E-state index contributed by atoms with van der Waals surface area (Å²) in [6, 6.07) is 5.44. The van der Waals surface area contributed by atoms with E-state index in [2.05, 4.69) is 9.46 Å². The smallest absolute Gasteiger partial charge is 0.337 e. The number of hydrogen-bond acceptors (Lipinski definition) is 6. The van der Waals surface area contributed by atoms with Crippen molar-refractivity contribution in [1.29, 1.82) is 0 Å². The number of esters is 2. The molecule has 1 aromatic rings. The molecule has 0 spiro atoms. The predicted molar refractivity (Wildman–Crippen MR) is 78.8 cm³/mol. The van der Waals surface area contributed by atoms with Crippen LogP contribution in [0.4, 0.5) is 0 Å². The summed E-state index contributed by atoms with van der Waals surface area (Å²) < 4.78 is 35.9. The van der Waals surface area contributed by atoms with Crippen molar-refractivity contribution in [3.05, 3.63) is 29.8 Å². The second-order valence-electron chi connectivity index (χ2n) is 4.71. The van der Waals surface area contributed by atoms with Crippen molar-refractivity contribution in [2.24, 2.45) is 0 Å². The second-order valence-corrected chi connectivity index (χ2v) is 6.47. The van der Waals surface area contributed by atoms with Gasteiger partial charge in [-0.3, -0.25) is 4.79 Å². The van der Waals surface area contributed by atoms with Gasteiger partial charge in [-0.05, 0) is 32.0 Å². The SMILES string of the molecule is COC(=O)c1cccc(S(=O)(=O)NCCC(=O)OC(C)C)c1. The maximum absolute atomic E-state index is 12.1. The Bertz CT molecular complexity index is 638. The van der Waals surface area contributed by atoms with Gasteiger partial charge in [-0.1, -0.05) is 6.07 Å². The van der Waals surface area contributed by atoms with Crippen LogP contribution in [0.1, 0.15) is 30.6 Å². The molecule has 122 valence electrons. The standard InChI is InChI=1S/C14H19NO6S/c1-10(2)21-13(16)7-8-15-22(18,19)12-6-4-5-11(9-12)14(17)20-3/h4-6,9-10,15H,7-8H2,1-3H3. The molecule has 22 heavy (non-hydrogen) atoms. The Hall–Kier alpha value is -1.93. The van der Waals surface area contributed by atoms with Gasteiger partial charge in [0.05, 0.1) is 30.1 Å². The highest BCUT2D eigenvalue weighted by molar-refractivity contribution is 7.89. The highest BCUT2D eigenvalue weighted by atomic mass is 32.2. The Morgan fingerprint density at radius 3 is 2.55 bits per heavy atom. The van der Waals surface area contributed by atoms with Crippen molar-refractivity contribution < 1.29 is 27.5 Å². The third kappa shape index (κ3) is 5.45. The number of rotatable bonds is 7. The lowest BCUT2D eigenvalue weighted by atomic mass is 10.2. The Labute approximate surface area is 129 Å². The molecule has 0 radical (unpaired) electrons. The van der Waals surface area contributed by atoms with Gasteiger partial charge in [-0.2, -0.15) is 0 Å². The highest BCUT2D eigenvalue weighted by Crippen LogP contribution is 2.12. The van der Waals surface area contributed by atoms with Crippen LogP contribution in [0, 0.1) is 0 Å². The zero-order valence-corrected chi connectivity index (χ0v) is 13.5. The molecule has 1 aromatic carbocycles. The minimum Gasteiger partial charge on any atom is -0.465 e. The number of nitrogens with one attached hydrogen (secondary N) is 1. The van der Waals surface area contributed by atoms with E-state index in [4.69, 9.17) is 4.74 Å². The number of hydrogen-bond donors (Lipinski definition) is 1. The van der Waals surface area contributed by atoms with Crippen LogP contribution in [0.25, 0.3) is 0 Å². The highest BCUT2D eigenvalue weighted by Gasteiger charge is 2.17. The third-order valence-electron chi connectivity index (χ3n) is 2.55. The molecule has 0 saturated heterocycles. The monoisotopic (exact) mass is 329 g/mol. The summed E-state index contributed by atoms with van der Waals surface area (Å²) in [6.07, 6.45) is -0.325. The average molecular weight is 329 g/mol. The van der Waals surface area contributed by atoms with Crippen LogP contribution in [0.2, 0.25) is 0 Å². The average Bonchev–Trinajstić information content (AvgIpc) is 2.45. The molecule has 0 aromatic heterocycles. The van der Waals surface area contributed by atoms with Crippen LogP contribution >= 0.6 is 0 Å². The zero-order valence-electron chi connectivity index (χ0n) is 12.7. The molecule has 0 heterocycles. The van der Waals surface area contributed by atoms with Crippen molar-refractivity contribution in [1.82, 2.24) is 4.72 Å². The largest absolute Gasteiger partial charge is 0.465 e. The maximum Gasteiger partial charge on any atom is 0.337 e. The van der Waals surface area contributed by atoms with Crippen LogP contribution in [0.3, 0.4) is 0 Å². The molecule has 1 rings (SSSR count). The first-order valence-electron chi connectivity index (χ1n) is 6.64. The van der Waals surface area contributed by atoms with Gasteiger partial charge < -0.3 is 9.47 Å². The lowest BCUT2D eigenvalue weighted by Gasteiger charge is -2.09. The van der Waals surface area contributed by atoms with E-state index in [1.807, 2.05) is 0 Å². The molecule has 0 unspecified atom stereocenters. The fourth-order valence-corrected chi connectivity index (χ4v) is 2.68. The minimum atomic E-state index is -3.81. The summed E-state index contributed by atoms with van der Waals surface area (Å²) in [5.41, 5.74) is 0.129. The van der Waals surface area contributed by atoms with E-state index < -0.39 is 22.0 Å². The molecule has 7 nitrogen and oxygen atoms in total. The lowest BCUT2D eigenvalue weighted by Crippen LogP contribution is -2.27. The number of sulfonamides is 1. The number of benzene rings is 1. The van der Waals surface area contributed by atoms with Crippen molar-refractivity contribution in [2.75, 3.05) is 13.7 Å². The Morgan fingerprint density at radius 1 is 1.27 bits per heavy atom. The molecular weight excluding hydrogens is 310 g/mol. The van der Waals surface area contributed by atoms with E-state index >= 15 is 0 Å². The summed E-state index contributed by atoms with van der Waals surface area (Å²) >= 11 is 0. The molecule has 0 aliphatic rings. The second kappa shape index (κ2) is 7.90. The molecule has 0 aliphatic carbocycles.